The van der Waals surface area contributed by atoms with Crippen LogP contribution in [0.15, 0.2) is 42.6 Å². The van der Waals surface area contributed by atoms with Gasteiger partial charge in [-0.15, -0.1) is 0 Å². The highest BCUT2D eigenvalue weighted by molar-refractivity contribution is 5.91. The third-order valence-electron chi connectivity index (χ3n) is 11.0. The maximum absolute atomic E-state index is 14.1. The fraction of sp³-hybridized carbons (Fsp3) is 0.568. The summed E-state index contributed by atoms with van der Waals surface area (Å²) in [5, 5.41) is 8.49. The molecule has 48 heavy (non-hydrogen) atoms. The second kappa shape index (κ2) is 14.2. The second-order valence-electron chi connectivity index (χ2n) is 14.1. The van der Waals surface area contributed by atoms with E-state index in [0.29, 0.717) is 58.0 Å². The molecular weight excluding hydrogens is 606 g/mol. The minimum Gasteiger partial charge on any atom is -0.436 e. The smallest absolute Gasteiger partial charge is 0.410 e. The fourth-order valence-electron chi connectivity index (χ4n) is 8.38. The van der Waals surface area contributed by atoms with Gasteiger partial charge < -0.3 is 29.7 Å². The van der Waals surface area contributed by atoms with E-state index < -0.39 is 12.2 Å². The lowest BCUT2D eigenvalue weighted by atomic mass is 9.98. The summed E-state index contributed by atoms with van der Waals surface area (Å²) in [6.07, 6.45) is 8.64. The van der Waals surface area contributed by atoms with Crippen molar-refractivity contribution in [1.82, 2.24) is 29.4 Å². The van der Waals surface area contributed by atoms with Crippen LogP contribution in [0.5, 0.6) is 0 Å². The predicted octanol–water partition coefficient (Wildman–Crippen LogP) is 4.96. The van der Waals surface area contributed by atoms with Crippen molar-refractivity contribution in [2.75, 3.05) is 51.1 Å². The normalized spacial score (nSPS) is 20.7. The molecule has 4 amide bonds. The van der Waals surface area contributed by atoms with E-state index >= 15 is 0 Å². The van der Waals surface area contributed by atoms with Crippen LogP contribution in [-0.2, 0) is 29.4 Å². The summed E-state index contributed by atoms with van der Waals surface area (Å²) < 4.78 is 8.01. The van der Waals surface area contributed by atoms with Crippen LogP contribution in [0.25, 0.3) is 10.9 Å². The number of para-hydroxylation sites is 1. The zero-order valence-electron chi connectivity index (χ0n) is 28.4. The number of nitrogens with one attached hydrogen (secondary N) is 1. The lowest BCUT2D eigenvalue weighted by Gasteiger charge is -2.41. The van der Waals surface area contributed by atoms with Gasteiger partial charge in [0.05, 0.1) is 11.7 Å². The first-order chi connectivity index (χ1) is 23.3. The first-order valence-corrected chi connectivity index (χ1v) is 17.9. The van der Waals surface area contributed by atoms with Gasteiger partial charge in [0.15, 0.2) is 6.10 Å². The zero-order valence-corrected chi connectivity index (χ0v) is 28.4. The molecule has 3 aromatic rings. The summed E-state index contributed by atoms with van der Waals surface area (Å²) in [5.74, 6) is -0.111. The third kappa shape index (κ3) is 6.88. The Bertz CT molecular complexity index is 1630. The van der Waals surface area contributed by atoms with Crippen molar-refractivity contribution in [3.8, 4) is 0 Å². The van der Waals surface area contributed by atoms with Crippen molar-refractivity contribution in [3.05, 3.63) is 59.3 Å². The number of carbonyl (C=O) groups excluding carboxylic acids is 3. The molecule has 11 heteroatoms. The summed E-state index contributed by atoms with van der Waals surface area (Å²) in [7, 11) is 1.93. The number of rotatable bonds is 6. The number of hydrogen-bond acceptors (Lipinski definition) is 6. The number of amides is 4. The highest BCUT2D eigenvalue weighted by Gasteiger charge is 2.36. The standard InChI is InChI=1S/C37H49N7O4/c1-26-22-27(23-29-25-38-40(2)34(26)29)24-33(35(45)42-17-11-30(12-18-42)41-15-6-3-7-16-41)48-37(47)43-19-13-31(14-20-43)44-21-10-28-8-4-5-9-32(28)39-36(44)46/h4-5,8-9,22-23,25,30-31,33H,3,6-7,10-21,24H2,1-2H3,(H,39,46)/t33-/m1/s1. The first kappa shape index (κ1) is 32.4. The molecule has 4 aliphatic heterocycles. The van der Waals surface area contributed by atoms with Crippen LogP contribution < -0.4 is 5.32 Å². The van der Waals surface area contributed by atoms with E-state index in [1.54, 1.807) is 4.90 Å². The molecule has 1 aromatic heterocycles. The number of nitrogens with zero attached hydrogens (tertiary/aromatic N) is 6. The zero-order chi connectivity index (χ0) is 33.2. The fourth-order valence-corrected chi connectivity index (χ4v) is 8.38. The predicted molar refractivity (Wildman–Crippen MR) is 185 cm³/mol. The van der Waals surface area contributed by atoms with Crippen molar-refractivity contribution in [2.24, 2.45) is 7.05 Å². The summed E-state index contributed by atoms with van der Waals surface area (Å²) in [4.78, 5) is 49.1. The Hall–Kier alpha value is -4.12. The Kier molecular flexibility index (Phi) is 9.57. The lowest BCUT2D eigenvalue weighted by molar-refractivity contribution is -0.142. The number of anilines is 1. The lowest BCUT2D eigenvalue weighted by Crippen LogP contribution is -2.53. The summed E-state index contributed by atoms with van der Waals surface area (Å²) in [6.45, 7) is 7.32. The topological polar surface area (TPSA) is 103 Å². The van der Waals surface area contributed by atoms with Crippen LogP contribution in [0.1, 0.15) is 61.6 Å². The number of piperidine rings is 3. The molecule has 1 atom stereocenters. The molecule has 256 valence electrons. The number of urea groups is 1. The van der Waals surface area contributed by atoms with Gasteiger partial charge in [0.2, 0.25) is 0 Å². The number of hydrogen-bond donors (Lipinski definition) is 1. The second-order valence-corrected chi connectivity index (χ2v) is 14.1. The Labute approximate surface area is 283 Å². The quantitative estimate of drug-likeness (QED) is 0.403. The van der Waals surface area contributed by atoms with E-state index in [-0.39, 0.29) is 18.0 Å². The number of carbonyl (C=O) groups is 3. The monoisotopic (exact) mass is 655 g/mol. The van der Waals surface area contributed by atoms with Crippen molar-refractivity contribution in [2.45, 2.75) is 82.9 Å². The van der Waals surface area contributed by atoms with Crippen LogP contribution in [0.2, 0.25) is 0 Å². The molecule has 7 rings (SSSR count). The molecule has 4 aliphatic rings. The van der Waals surface area contributed by atoms with Crippen molar-refractivity contribution >= 4 is 34.6 Å². The van der Waals surface area contributed by atoms with Gasteiger partial charge in [-0.3, -0.25) is 9.48 Å². The molecule has 0 bridgehead atoms. The molecule has 2 aromatic carbocycles. The molecule has 1 N–H and O–H groups in total. The SMILES string of the molecule is Cc1cc(C[C@@H](OC(=O)N2CCC(N3CCc4ccccc4NC3=O)CC2)C(=O)N2CCC(N3CCCCC3)CC2)cc2cnn(C)c12. The van der Waals surface area contributed by atoms with Gasteiger partial charge in [0.1, 0.15) is 0 Å². The van der Waals surface area contributed by atoms with Gasteiger partial charge in [-0.25, -0.2) is 9.59 Å². The van der Waals surface area contributed by atoms with Crippen LogP contribution in [0.4, 0.5) is 15.3 Å². The summed E-state index contributed by atoms with van der Waals surface area (Å²) in [5.41, 5.74) is 5.09. The highest BCUT2D eigenvalue weighted by Crippen LogP contribution is 2.27. The van der Waals surface area contributed by atoms with Crippen molar-refractivity contribution < 1.29 is 19.1 Å². The Balaban J connectivity index is 1.01. The Morgan fingerprint density at radius 3 is 2.40 bits per heavy atom. The number of aryl methyl sites for hydroxylation is 2. The summed E-state index contributed by atoms with van der Waals surface area (Å²) in [6, 6.07) is 12.5. The number of aromatic nitrogens is 2. The van der Waals surface area contributed by atoms with Gasteiger partial charge in [-0.1, -0.05) is 30.7 Å². The number of ether oxygens (including phenoxy) is 1. The van der Waals surface area contributed by atoms with E-state index in [0.717, 1.165) is 65.6 Å². The largest absolute Gasteiger partial charge is 0.436 e. The summed E-state index contributed by atoms with van der Waals surface area (Å²) >= 11 is 0. The van der Waals surface area contributed by atoms with E-state index in [4.69, 9.17) is 4.74 Å². The van der Waals surface area contributed by atoms with Gasteiger partial charge in [0.25, 0.3) is 5.91 Å². The maximum atomic E-state index is 14.1. The molecule has 11 nitrogen and oxygen atoms in total. The van der Waals surface area contributed by atoms with Crippen molar-refractivity contribution in [1.29, 1.82) is 0 Å². The van der Waals surface area contributed by atoms with Gasteiger partial charge in [0, 0.05) is 69.3 Å². The van der Waals surface area contributed by atoms with Crippen molar-refractivity contribution in [3.63, 3.8) is 0 Å². The molecule has 3 fully saturated rings. The van der Waals surface area contributed by atoms with Crippen LogP contribution in [0.3, 0.4) is 0 Å². The van der Waals surface area contributed by atoms with E-state index in [1.165, 1.54) is 19.3 Å². The van der Waals surface area contributed by atoms with Gasteiger partial charge in [-0.05, 0) is 93.8 Å². The van der Waals surface area contributed by atoms with Crippen LogP contribution >= 0.6 is 0 Å². The molecule has 3 saturated heterocycles. The number of fused-ring (bicyclic) bond motifs is 2. The highest BCUT2D eigenvalue weighted by atomic mass is 16.6. The van der Waals surface area contributed by atoms with E-state index in [9.17, 15) is 14.4 Å². The minimum atomic E-state index is -0.912. The average Bonchev–Trinajstić information content (AvgIpc) is 3.40. The average molecular weight is 656 g/mol. The number of benzene rings is 2. The maximum Gasteiger partial charge on any atom is 0.410 e. The molecule has 0 spiro atoms. The Morgan fingerprint density at radius 1 is 0.917 bits per heavy atom. The van der Waals surface area contributed by atoms with Crippen LogP contribution in [0, 0.1) is 6.92 Å². The Morgan fingerprint density at radius 2 is 1.62 bits per heavy atom. The molecular formula is C37H49N7O4. The number of likely N-dealkylation sites (tertiary alicyclic amines) is 3. The molecule has 0 radical (unpaired) electrons. The molecule has 0 aliphatic carbocycles. The third-order valence-corrected chi connectivity index (χ3v) is 11.0. The van der Waals surface area contributed by atoms with Gasteiger partial charge >= 0.3 is 12.1 Å². The van der Waals surface area contributed by atoms with Gasteiger partial charge in [-0.2, -0.15) is 5.10 Å². The first-order valence-electron chi connectivity index (χ1n) is 17.9. The van der Waals surface area contributed by atoms with E-state index in [1.807, 2.05) is 45.9 Å². The van der Waals surface area contributed by atoms with Crippen LogP contribution in [-0.4, -0.2) is 111 Å². The molecule has 0 unspecified atom stereocenters. The van der Waals surface area contributed by atoms with E-state index in [2.05, 4.69) is 40.4 Å². The molecule has 5 heterocycles. The minimum absolute atomic E-state index is 0.0381. The molecule has 0 saturated carbocycles.